The van der Waals surface area contributed by atoms with E-state index in [1.165, 1.54) is 0 Å². The fourth-order valence-electron chi connectivity index (χ4n) is 3.13. The van der Waals surface area contributed by atoms with Gasteiger partial charge in [0, 0.05) is 44.4 Å². The minimum atomic E-state index is -4.43. The number of imidazole rings is 2. The SMILES string of the molecule is Cn1cncc1CCC(=O)N1CCC[C@H](c2ncc(C(F)(F)F)[nH]2)C1. The molecule has 1 fully saturated rings. The third-order valence-corrected chi connectivity index (χ3v) is 4.57. The van der Waals surface area contributed by atoms with Crippen molar-refractivity contribution in [2.24, 2.45) is 7.05 Å². The molecule has 6 nitrogen and oxygen atoms in total. The van der Waals surface area contributed by atoms with Gasteiger partial charge in [0.25, 0.3) is 0 Å². The van der Waals surface area contributed by atoms with E-state index in [4.69, 9.17) is 0 Å². The number of likely N-dealkylation sites (tertiary alicyclic amines) is 1. The maximum atomic E-state index is 12.7. The lowest BCUT2D eigenvalue weighted by molar-refractivity contribution is -0.141. The maximum Gasteiger partial charge on any atom is 0.432 e. The highest BCUT2D eigenvalue weighted by atomic mass is 19.4. The number of aromatic nitrogens is 4. The molecule has 25 heavy (non-hydrogen) atoms. The highest BCUT2D eigenvalue weighted by molar-refractivity contribution is 5.76. The third kappa shape index (κ3) is 4.02. The minimum Gasteiger partial charge on any atom is -0.342 e. The molecule has 9 heteroatoms. The molecule has 1 aliphatic rings. The van der Waals surface area contributed by atoms with Crippen LogP contribution in [0.15, 0.2) is 18.7 Å². The van der Waals surface area contributed by atoms with Crippen LogP contribution in [-0.4, -0.2) is 43.4 Å². The number of amides is 1. The van der Waals surface area contributed by atoms with Crippen LogP contribution in [0.2, 0.25) is 0 Å². The van der Waals surface area contributed by atoms with Crippen LogP contribution in [0, 0.1) is 0 Å². The van der Waals surface area contributed by atoms with E-state index >= 15 is 0 Å². The summed E-state index contributed by atoms with van der Waals surface area (Å²) in [7, 11) is 1.87. The van der Waals surface area contributed by atoms with E-state index < -0.39 is 11.9 Å². The molecule has 0 aromatic carbocycles. The van der Waals surface area contributed by atoms with Gasteiger partial charge in [-0.25, -0.2) is 9.97 Å². The Morgan fingerprint density at radius 2 is 2.20 bits per heavy atom. The Kier molecular flexibility index (Phi) is 4.82. The number of halogens is 3. The molecule has 3 heterocycles. The average Bonchev–Trinajstić information content (AvgIpc) is 3.21. The van der Waals surface area contributed by atoms with E-state index in [-0.39, 0.29) is 11.8 Å². The predicted molar refractivity (Wildman–Crippen MR) is 83.7 cm³/mol. The summed E-state index contributed by atoms with van der Waals surface area (Å²) < 4.78 is 40.0. The van der Waals surface area contributed by atoms with Gasteiger partial charge in [-0.05, 0) is 19.3 Å². The molecule has 0 aliphatic carbocycles. The lowest BCUT2D eigenvalue weighted by Crippen LogP contribution is -2.39. The number of piperidine rings is 1. The molecule has 1 N–H and O–H groups in total. The second-order valence-electron chi connectivity index (χ2n) is 6.35. The number of hydrogen-bond acceptors (Lipinski definition) is 3. The molecule has 1 amide bonds. The van der Waals surface area contributed by atoms with E-state index in [0.717, 1.165) is 24.7 Å². The lowest BCUT2D eigenvalue weighted by atomic mass is 9.97. The smallest absolute Gasteiger partial charge is 0.342 e. The molecule has 2 aromatic rings. The monoisotopic (exact) mass is 355 g/mol. The van der Waals surface area contributed by atoms with Crippen molar-refractivity contribution in [1.29, 1.82) is 0 Å². The van der Waals surface area contributed by atoms with Crippen LogP contribution in [0.25, 0.3) is 0 Å². The van der Waals surface area contributed by atoms with Crippen molar-refractivity contribution in [2.75, 3.05) is 13.1 Å². The van der Waals surface area contributed by atoms with E-state index in [0.29, 0.717) is 31.8 Å². The van der Waals surface area contributed by atoms with Gasteiger partial charge in [-0.3, -0.25) is 4.79 Å². The molecule has 136 valence electrons. The first-order chi connectivity index (χ1) is 11.8. The van der Waals surface area contributed by atoms with Crippen LogP contribution >= 0.6 is 0 Å². The number of alkyl halides is 3. The average molecular weight is 355 g/mol. The Morgan fingerprint density at radius 3 is 2.84 bits per heavy atom. The van der Waals surface area contributed by atoms with Gasteiger partial charge in [-0.1, -0.05) is 0 Å². The first kappa shape index (κ1) is 17.5. The molecule has 1 aliphatic heterocycles. The Morgan fingerprint density at radius 1 is 1.40 bits per heavy atom. The number of aromatic amines is 1. The molecule has 0 spiro atoms. The Labute approximate surface area is 143 Å². The number of nitrogens with one attached hydrogen (secondary N) is 1. The minimum absolute atomic E-state index is 0.00787. The summed E-state index contributed by atoms with van der Waals surface area (Å²) >= 11 is 0. The van der Waals surface area contributed by atoms with E-state index in [1.807, 2.05) is 11.6 Å². The molecular weight excluding hydrogens is 335 g/mol. The van der Waals surface area contributed by atoms with Gasteiger partial charge in [0.05, 0.1) is 12.5 Å². The number of carbonyl (C=O) groups excluding carboxylic acids is 1. The number of hydrogen-bond donors (Lipinski definition) is 1. The van der Waals surface area contributed by atoms with Crippen molar-refractivity contribution in [1.82, 2.24) is 24.4 Å². The predicted octanol–water partition coefficient (Wildman–Crippen LogP) is 2.50. The zero-order chi connectivity index (χ0) is 18.0. The maximum absolute atomic E-state index is 12.7. The molecule has 2 aromatic heterocycles. The van der Waals surface area contributed by atoms with Crippen LogP contribution in [0.3, 0.4) is 0 Å². The molecule has 0 unspecified atom stereocenters. The van der Waals surface area contributed by atoms with Gasteiger partial charge < -0.3 is 14.5 Å². The highest BCUT2D eigenvalue weighted by Crippen LogP contribution is 2.31. The first-order valence-corrected chi connectivity index (χ1v) is 8.19. The Hall–Kier alpha value is -2.32. The van der Waals surface area contributed by atoms with Crippen molar-refractivity contribution in [3.05, 3.63) is 35.9 Å². The van der Waals surface area contributed by atoms with Crippen molar-refractivity contribution in [3.63, 3.8) is 0 Å². The topological polar surface area (TPSA) is 66.8 Å². The molecule has 0 radical (unpaired) electrons. The van der Waals surface area contributed by atoms with Gasteiger partial charge in [-0.15, -0.1) is 0 Å². The van der Waals surface area contributed by atoms with Crippen LogP contribution in [0.5, 0.6) is 0 Å². The summed E-state index contributed by atoms with van der Waals surface area (Å²) in [5, 5.41) is 0. The van der Waals surface area contributed by atoms with Crippen molar-refractivity contribution in [2.45, 2.75) is 37.8 Å². The summed E-state index contributed by atoms with van der Waals surface area (Å²) in [6, 6.07) is 0. The summed E-state index contributed by atoms with van der Waals surface area (Å²) in [6.45, 7) is 1.03. The van der Waals surface area contributed by atoms with E-state index in [2.05, 4.69) is 15.0 Å². The quantitative estimate of drug-likeness (QED) is 0.916. The zero-order valence-corrected chi connectivity index (χ0v) is 13.9. The van der Waals surface area contributed by atoms with Crippen LogP contribution in [0.1, 0.15) is 42.4 Å². The van der Waals surface area contributed by atoms with E-state index in [9.17, 15) is 18.0 Å². The van der Waals surface area contributed by atoms with Gasteiger partial charge in [0.1, 0.15) is 11.5 Å². The van der Waals surface area contributed by atoms with Crippen molar-refractivity contribution >= 4 is 5.91 Å². The summed E-state index contributed by atoms with van der Waals surface area (Å²) in [6.07, 6.45) is 2.23. The van der Waals surface area contributed by atoms with Crippen LogP contribution in [0.4, 0.5) is 13.2 Å². The fraction of sp³-hybridized carbons (Fsp3) is 0.562. The lowest BCUT2D eigenvalue weighted by Gasteiger charge is -2.32. The first-order valence-electron chi connectivity index (χ1n) is 8.19. The molecule has 0 bridgehead atoms. The Balaban J connectivity index is 1.60. The molecule has 0 saturated carbocycles. The number of nitrogens with zero attached hydrogens (tertiary/aromatic N) is 4. The Bertz CT molecular complexity index is 736. The van der Waals surface area contributed by atoms with Gasteiger partial charge in [0.15, 0.2) is 0 Å². The summed E-state index contributed by atoms with van der Waals surface area (Å²) in [5.74, 6) is 0.121. The number of aryl methyl sites for hydroxylation is 2. The molecular formula is C16H20F3N5O. The normalized spacial score (nSPS) is 18.6. The zero-order valence-electron chi connectivity index (χ0n) is 13.9. The van der Waals surface area contributed by atoms with Crippen molar-refractivity contribution < 1.29 is 18.0 Å². The third-order valence-electron chi connectivity index (χ3n) is 4.57. The van der Waals surface area contributed by atoms with Crippen molar-refractivity contribution in [3.8, 4) is 0 Å². The summed E-state index contributed by atoms with van der Waals surface area (Å²) in [4.78, 5) is 24.4. The largest absolute Gasteiger partial charge is 0.432 e. The second kappa shape index (κ2) is 6.89. The second-order valence-corrected chi connectivity index (χ2v) is 6.35. The number of rotatable bonds is 4. The van der Waals surface area contributed by atoms with Gasteiger partial charge >= 0.3 is 6.18 Å². The fourth-order valence-corrected chi connectivity index (χ4v) is 3.13. The molecule has 3 rings (SSSR count). The molecule has 1 atom stereocenters. The van der Waals surface area contributed by atoms with Gasteiger partial charge in [0.2, 0.25) is 5.91 Å². The standard InChI is InChI=1S/C16H20F3N5O/c1-23-10-20-7-12(23)4-5-14(25)24-6-2-3-11(9-24)15-21-8-13(22-15)16(17,18)19/h7-8,10-11H,2-6,9H2,1H3,(H,21,22)/t11-/m0/s1. The van der Waals surface area contributed by atoms with Crippen LogP contribution < -0.4 is 0 Å². The summed E-state index contributed by atoms with van der Waals surface area (Å²) in [5.41, 5.74) is 0.130. The number of carbonyl (C=O) groups is 1. The highest BCUT2D eigenvalue weighted by Gasteiger charge is 2.34. The van der Waals surface area contributed by atoms with E-state index in [1.54, 1.807) is 17.4 Å². The molecule has 1 saturated heterocycles. The van der Waals surface area contributed by atoms with Crippen LogP contribution in [-0.2, 0) is 24.4 Å². The van der Waals surface area contributed by atoms with Gasteiger partial charge in [-0.2, -0.15) is 13.2 Å². The number of H-pyrrole nitrogens is 1.